The Bertz CT molecular complexity index is 717. The summed E-state index contributed by atoms with van der Waals surface area (Å²) in [7, 11) is 0. The summed E-state index contributed by atoms with van der Waals surface area (Å²) in [5, 5.41) is 12.5. The van der Waals surface area contributed by atoms with E-state index in [-0.39, 0.29) is 0 Å². The molecule has 1 aromatic carbocycles. The van der Waals surface area contributed by atoms with Gasteiger partial charge in [-0.15, -0.1) is 0 Å². The van der Waals surface area contributed by atoms with Gasteiger partial charge in [0, 0.05) is 6.07 Å². The molecule has 0 saturated heterocycles. The Labute approximate surface area is 115 Å². The van der Waals surface area contributed by atoms with Crippen molar-refractivity contribution in [1.82, 2.24) is 4.98 Å². The molecule has 1 heterocycles. The third-order valence-corrected chi connectivity index (χ3v) is 2.51. The van der Waals surface area contributed by atoms with Gasteiger partial charge in [0.25, 0.3) is 11.6 Å². The number of rotatable bonds is 3. The molecule has 0 atom stereocenters. The van der Waals surface area contributed by atoms with Crippen molar-refractivity contribution in [2.75, 3.05) is 5.32 Å². The molecule has 1 N–H and O–H groups in total. The van der Waals surface area contributed by atoms with Crippen molar-refractivity contribution in [3.8, 4) is 0 Å². The van der Waals surface area contributed by atoms with Crippen LogP contribution in [0.25, 0.3) is 0 Å². The van der Waals surface area contributed by atoms with Gasteiger partial charge < -0.3 is 5.32 Å². The smallest absolute Gasteiger partial charge is 0.285 e. The zero-order chi connectivity index (χ0) is 15.6. The summed E-state index contributed by atoms with van der Waals surface area (Å²) < 4.78 is 40.3. The van der Waals surface area contributed by atoms with Crippen molar-refractivity contribution in [2.45, 2.75) is 0 Å². The Hall–Kier alpha value is -2.97. The van der Waals surface area contributed by atoms with Crippen molar-refractivity contribution >= 4 is 17.3 Å². The lowest BCUT2D eigenvalue weighted by Gasteiger charge is -2.08. The lowest BCUT2D eigenvalue weighted by atomic mass is 10.1. The molecule has 0 saturated carbocycles. The van der Waals surface area contributed by atoms with Gasteiger partial charge in [-0.3, -0.25) is 19.9 Å². The van der Waals surface area contributed by atoms with Crippen LogP contribution in [-0.2, 0) is 0 Å². The number of nitro groups is 1. The van der Waals surface area contributed by atoms with E-state index in [0.29, 0.717) is 12.4 Å². The average Bonchev–Trinajstić information content (AvgIpc) is 2.42. The number of nitrogens with one attached hydrogen (secondary N) is 1. The Balaban J connectivity index is 2.45. The maximum atomic E-state index is 13.6. The number of carbonyl (C=O) groups is 1. The van der Waals surface area contributed by atoms with Crippen LogP contribution in [-0.4, -0.2) is 15.8 Å². The summed E-state index contributed by atoms with van der Waals surface area (Å²) >= 11 is 0. The van der Waals surface area contributed by atoms with Gasteiger partial charge in [0.2, 0.25) is 0 Å². The number of carbonyl (C=O) groups excluding carboxylic acids is 1. The first-order valence-electron chi connectivity index (χ1n) is 5.45. The molecular weight excluding hydrogens is 291 g/mol. The second-order valence-corrected chi connectivity index (χ2v) is 3.82. The fourth-order valence-electron chi connectivity index (χ4n) is 1.60. The van der Waals surface area contributed by atoms with E-state index in [1.54, 1.807) is 5.32 Å². The van der Waals surface area contributed by atoms with Gasteiger partial charge in [-0.1, -0.05) is 6.07 Å². The monoisotopic (exact) mass is 297 g/mol. The zero-order valence-corrected chi connectivity index (χ0v) is 10.1. The zero-order valence-electron chi connectivity index (χ0n) is 10.1. The summed E-state index contributed by atoms with van der Waals surface area (Å²) in [6.45, 7) is 0. The molecule has 0 fully saturated rings. The fraction of sp³-hybridized carbons (Fsp3) is 0. The second-order valence-electron chi connectivity index (χ2n) is 3.82. The molecule has 9 heteroatoms. The quantitative estimate of drug-likeness (QED) is 0.697. The van der Waals surface area contributed by atoms with Crippen molar-refractivity contribution in [2.24, 2.45) is 0 Å². The predicted octanol–water partition coefficient (Wildman–Crippen LogP) is 2.66. The van der Waals surface area contributed by atoms with E-state index >= 15 is 0 Å². The lowest BCUT2D eigenvalue weighted by molar-refractivity contribution is -0.385. The highest BCUT2D eigenvalue weighted by Crippen LogP contribution is 2.24. The molecule has 0 aliphatic heterocycles. The minimum absolute atomic E-state index is 0.633. The summed E-state index contributed by atoms with van der Waals surface area (Å²) in [6, 6.07) is 2.76. The van der Waals surface area contributed by atoms with Crippen LogP contribution in [0.15, 0.2) is 30.6 Å². The first-order chi connectivity index (χ1) is 9.91. The van der Waals surface area contributed by atoms with Crippen molar-refractivity contribution in [3.63, 3.8) is 0 Å². The van der Waals surface area contributed by atoms with Crippen molar-refractivity contribution in [3.05, 3.63) is 63.7 Å². The van der Waals surface area contributed by atoms with Gasteiger partial charge in [-0.2, -0.15) is 0 Å². The Kier molecular flexibility index (Phi) is 3.83. The van der Waals surface area contributed by atoms with E-state index in [4.69, 9.17) is 0 Å². The molecule has 0 radical (unpaired) electrons. The Morgan fingerprint density at radius 1 is 1.14 bits per heavy atom. The molecule has 0 aliphatic rings. The van der Waals surface area contributed by atoms with Crippen LogP contribution >= 0.6 is 0 Å². The van der Waals surface area contributed by atoms with E-state index in [1.165, 1.54) is 0 Å². The summed E-state index contributed by atoms with van der Waals surface area (Å²) in [6.07, 6.45) is 1.27. The van der Waals surface area contributed by atoms with E-state index in [1.807, 2.05) is 0 Å². The highest BCUT2D eigenvalue weighted by atomic mass is 19.1. The molecule has 0 aliphatic carbocycles. The number of anilines is 1. The maximum absolute atomic E-state index is 13.6. The Morgan fingerprint density at radius 3 is 2.33 bits per heavy atom. The molecule has 0 spiro atoms. The maximum Gasteiger partial charge on any atom is 0.285 e. The number of hydrogen-bond acceptors (Lipinski definition) is 4. The predicted molar refractivity (Wildman–Crippen MR) is 65.2 cm³/mol. The Morgan fingerprint density at radius 2 is 1.76 bits per heavy atom. The summed E-state index contributed by atoms with van der Waals surface area (Å²) in [4.78, 5) is 24.9. The SMILES string of the molecule is O=C(Nc1c(F)cncc1F)c1c(F)cccc1[N+](=O)[O-]. The molecule has 1 amide bonds. The molecule has 21 heavy (non-hydrogen) atoms. The molecule has 108 valence electrons. The number of nitrogens with zero attached hydrogens (tertiary/aromatic N) is 2. The van der Waals surface area contributed by atoms with Crippen molar-refractivity contribution in [1.29, 1.82) is 0 Å². The van der Waals surface area contributed by atoms with Gasteiger partial charge in [0.15, 0.2) is 17.2 Å². The number of aromatic nitrogens is 1. The first kappa shape index (κ1) is 14.4. The largest absolute Gasteiger partial charge is 0.317 e. The van der Waals surface area contributed by atoms with Crippen LogP contribution in [0.2, 0.25) is 0 Å². The number of halogens is 3. The number of pyridine rings is 1. The molecule has 0 unspecified atom stereocenters. The third kappa shape index (κ3) is 2.81. The third-order valence-electron chi connectivity index (χ3n) is 2.51. The molecule has 2 rings (SSSR count). The lowest BCUT2D eigenvalue weighted by Crippen LogP contribution is -2.17. The second kappa shape index (κ2) is 5.57. The topological polar surface area (TPSA) is 85.1 Å². The number of benzene rings is 1. The van der Waals surface area contributed by atoms with Gasteiger partial charge in [0.1, 0.15) is 11.5 Å². The molecule has 1 aromatic heterocycles. The van der Waals surface area contributed by atoms with E-state index in [0.717, 1.165) is 18.2 Å². The highest BCUT2D eigenvalue weighted by Gasteiger charge is 2.26. The number of amides is 1. The van der Waals surface area contributed by atoms with Crippen LogP contribution in [0.4, 0.5) is 24.5 Å². The van der Waals surface area contributed by atoms with Crippen LogP contribution in [0.5, 0.6) is 0 Å². The number of hydrogen-bond donors (Lipinski definition) is 1. The number of nitro benzene ring substituents is 1. The minimum atomic E-state index is -1.34. The van der Waals surface area contributed by atoms with Crippen molar-refractivity contribution < 1.29 is 22.9 Å². The van der Waals surface area contributed by atoms with Gasteiger partial charge in [-0.25, -0.2) is 13.2 Å². The average molecular weight is 297 g/mol. The molecular formula is C12H6F3N3O3. The van der Waals surface area contributed by atoms with Gasteiger partial charge >= 0.3 is 0 Å². The van der Waals surface area contributed by atoms with E-state index in [2.05, 4.69) is 4.98 Å². The minimum Gasteiger partial charge on any atom is -0.317 e. The van der Waals surface area contributed by atoms with Crippen LogP contribution in [0.3, 0.4) is 0 Å². The van der Waals surface area contributed by atoms with Crippen LogP contribution < -0.4 is 5.32 Å². The normalized spacial score (nSPS) is 10.2. The molecule has 0 bridgehead atoms. The fourth-order valence-corrected chi connectivity index (χ4v) is 1.60. The summed E-state index contributed by atoms with van der Waals surface area (Å²) in [5.41, 5.74) is -2.60. The highest BCUT2D eigenvalue weighted by molar-refractivity contribution is 6.07. The van der Waals surface area contributed by atoms with Crippen LogP contribution in [0.1, 0.15) is 10.4 Å². The van der Waals surface area contributed by atoms with E-state index in [9.17, 15) is 28.1 Å². The summed E-state index contributed by atoms with van der Waals surface area (Å²) in [5.74, 6) is -4.91. The van der Waals surface area contributed by atoms with Gasteiger partial charge in [-0.05, 0) is 6.07 Å². The standard InChI is InChI=1S/C12H6F3N3O3/c13-6-2-1-3-9(18(20)21)10(6)12(19)17-11-7(14)4-16-5-8(11)15/h1-5H,(H,16,17,19). The van der Waals surface area contributed by atoms with Crippen LogP contribution in [0, 0.1) is 27.6 Å². The van der Waals surface area contributed by atoms with E-state index < -0.39 is 45.2 Å². The van der Waals surface area contributed by atoms with Gasteiger partial charge in [0.05, 0.1) is 17.3 Å². The molecule has 2 aromatic rings. The molecule has 6 nitrogen and oxygen atoms in total. The first-order valence-corrected chi connectivity index (χ1v) is 5.45.